The van der Waals surface area contributed by atoms with Gasteiger partial charge in [-0.3, -0.25) is 0 Å². The van der Waals surface area contributed by atoms with Crippen molar-refractivity contribution in [2.24, 2.45) is 0 Å². The lowest BCUT2D eigenvalue weighted by Gasteiger charge is -2.56. The first-order valence-corrected chi connectivity index (χ1v) is 12.0. The van der Waals surface area contributed by atoms with E-state index in [2.05, 4.69) is 34.1 Å². The molecule has 4 aromatic rings. The fourth-order valence-corrected chi connectivity index (χ4v) is 6.33. The SMILES string of the molecule is Oc1cccc(C23CCN(CCc4ccccc4)CC2(O)Cc2c([nH]c4cc(F)ccc24)C3)c1. The number of nitrogens with zero attached hydrogens (tertiary/aromatic N) is 1. The van der Waals surface area contributed by atoms with E-state index in [1.54, 1.807) is 12.1 Å². The standard InChI is InChI=1S/C29H29FN2O2/c30-22-9-10-24-25-17-29(34)19-32(13-11-20-5-2-1-3-6-20)14-12-28(29,18-27(25)31-26(24)16-22)21-7-4-8-23(33)15-21/h1-10,15-16,31,33-34H,11-14,17-19H2. The molecule has 1 aromatic heterocycles. The number of fused-ring (bicyclic) bond motifs is 4. The molecule has 2 unspecified atom stereocenters. The molecule has 2 atom stereocenters. The number of piperidine rings is 1. The molecule has 0 bridgehead atoms. The van der Waals surface area contributed by atoms with Crippen LogP contribution in [-0.2, 0) is 24.7 Å². The second-order valence-electron chi connectivity index (χ2n) is 10.1. The Balaban J connectivity index is 1.40. The fourth-order valence-electron chi connectivity index (χ4n) is 6.33. The van der Waals surface area contributed by atoms with E-state index in [4.69, 9.17) is 0 Å². The summed E-state index contributed by atoms with van der Waals surface area (Å²) in [5.41, 5.74) is 3.65. The number of hydrogen-bond acceptors (Lipinski definition) is 3. The molecule has 0 amide bonds. The Hall–Kier alpha value is -3.15. The predicted octanol–water partition coefficient (Wildman–Crippen LogP) is 4.73. The average Bonchev–Trinajstić information content (AvgIpc) is 3.16. The molecular formula is C29H29FN2O2. The summed E-state index contributed by atoms with van der Waals surface area (Å²) in [6.07, 6.45) is 2.84. The van der Waals surface area contributed by atoms with Crippen LogP contribution in [0.2, 0.25) is 0 Å². The number of benzene rings is 3. The van der Waals surface area contributed by atoms with Crippen LogP contribution in [-0.4, -0.2) is 45.3 Å². The van der Waals surface area contributed by atoms with E-state index in [0.717, 1.165) is 53.7 Å². The molecule has 5 heteroatoms. The zero-order valence-electron chi connectivity index (χ0n) is 19.1. The lowest BCUT2D eigenvalue weighted by Crippen LogP contribution is -2.66. The number of nitrogens with one attached hydrogen (secondary N) is 1. The van der Waals surface area contributed by atoms with E-state index in [0.29, 0.717) is 19.4 Å². The molecule has 3 N–H and O–H groups in total. The quantitative estimate of drug-likeness (QED) is 0.416. The minimum absolute atomic E-state index is 0.213. The van der Waals surface area contributed by atoms with Crippen molar-refractivity contribution in [3.63, 3.8) is 0 Å². The topological polar surface area (TPSA) is 59.5 Å². The zero-order chi connectivity index (χ0) is 23.3. The van der Waals surface area contributed by atoms with Crippen molar-refractivity contribution >= 4 is 10.9 Å². The van der Waals surface area contributed by atoms with E-state index in [1.807, 2.05) is 24.3 Å². The number of aliphatic hydroxyl groups is 1. The molecule has 2 heterocycles. The van der Waals surface area contributed by atoms with Gasteiger partial charge < -0.3 is 20.1 Å². The smallest absolute Gasteiger partial charge is 0.125 e. The number of β-amino-alcohol motifs (C(OH)–C–C–N with tert-alkyl or cyclic N) is 1. The lowest BCUT2D eigenvalue weighted by molar-refractivity contribution is -0.102. The number of phenols is 1. The second-order valence-corrected chi connectivity index (χ2v) is 10.1. The Labute approximate surface area is 198 Å². The molecule has 1 fully saturated rings. The highest BCUT2D eigenvalue weighted by Gasteiger charge is 2.57. The highest BCUT2D eigenvalue weighted by Crippen LogP contribution is 2.51. The highest BCUT2D eigenvalue weighted by molar-refractivity contribution is 5.85. The number of rotatable bonds is 4. The summed E-state index contributed by atoms with van der Waals surface area (Å²) < 4.78 is 13.9. The number of aromatic hydroxyl groups is 1. The lowest BCUT2D eigenvalue weighted by atomic mass is 9.56. The summed E-state index contributed by atoms with van der Waals surface area (Å²) in [6, 6.07) is 22.7. The van der Waals surface area contributed by atoms with Gasteiger partial charge in [-0.2, -0.15) is 0 Å². The van der Waals surface area contributed by atoms with Crippen molar-refractivity contribution in [2.45, 2.75) is 36.7 Å². The molecule has 1 aliphatic heterocycles. The summed E-state index contributed by atoms with van der Waals surface area (Å²) in [5, 5.41) is 23.7. The van der Waals surface area contributed by atoms with Gasteiger partial charge in [0.2, 0.25) is 0 Å². The van der Waals surface area contributed by atoms with Crippen LogP contribution < -0.4 is 0 Å². The van der Waals surface area contributed by atoms with Crippen molar-refractivity contribution in [3.05, 3.63) is 101 Å². The van der Waals surface area contributed by atoms with Crippen molar-refractivity contribution < 1.29 is 14.6 Å². The minimum Gasteiger partial charge on any atom is -0.508 e. The van der Waals surface area contributed by atoms with Crippen molar-refractivity contribution in [2.75, 3.05) is 19.6 Å². The Kier molecular flexibility index (Phi) is 5.01. The van der Waals surface area contributed by atoms with Crippen LogP contribution in [0.1, 0.15) is 28.8 Å². The Morgan fingerprint density at radius 3 is 2.65 bits per heavy atom. The third kappa shape index (κ3) is 3.42. The van der Waals surface area contributed by atoms with E-state index < -0.39 is 11.0 Å². The number of aromatic nitrogens is 1. The van der Waals surface area contributed by atoms with Crippen molar-refractivity contribution in [1.82, 2.24) is 9.88 Å². The van der Waals surface area contributed by atoms with Gasteiger partial charge in [0.1, 0.15) is 11.6 Å². The Morgan fingerprint density at radius 1 is 0.971 bits per heavy atom. The van der Waals surface area contributed by atoms with Gasteiger partial charge in [-0.1, -0.05) is 42.5 Å². The third-order valence-corrected chi connectivity index (χ3v) is 8.09. The molecule has 1 aliphatic carbocycles. The summed E-state index contributed by atoms with van der Waals surface area (Å²) in [7, 11) is 0. The van der Waals surface area contributed by atoms with Crippen LogP contribution in [0.25, 0.3) is 10.9 Å². The molecule has 0 radical (unpaired) electrons. The van der Waals surface area contributed by atoms with E-state index in [-0.39, 0.29) is 11.6 Å². The van der Waals surface area contributed by atoms with E-state index in [1.165, 1.54) is 17.7 Å². The zero-order valence-corrected chi connectivity index (χ0v) is 19.1. The van der Waals surface area contributed by atoms with Gasteiger partial charge in [0, 0.05) is 47.9 Å². The maximum atomic E-state index is 13.9. The molecule has 3 aromatic carbocycles. The summed E-state index contributed by atoms with van der Waals surface area (Å²) in [6.45, 7) is 2.31. The normalized spacial score (nSPS) is 24.6. The maximum Gasteiger partial charge on any atom is 0.125 e. The second kappa shape index (κ2) is 7.97. The molecule has 0 spiro atoms. The number of halogens is 1. The molecule has 174 valence electrons. The molecule has 6 rings (SSSR count). The fraction of sp³-hybridized carbons (Fsp3) is 0.310. The number of phenolic OH excluding ortho intramolecular Hbond substituents is 1. The van der Waals surface area contributed by atoms with Gasteiger partial charge in [-0.15, -0.1) is 0 Å². The van der Waals surface area contributed by atoms with Gasteiger partial charge in [0.25, 0.3) is 0 Å². The van der Waals surface area contributed by atoms with Crippen LogP contribution in [0.4, 0.5) is 4.39 Å². The number of aromatic amines is 1. The first-order valence-electron chi connectivity index (χ1n) is 12.0. The van der Waals surface area contributed by atoms with Crippen molar-refractivity contribution in [1.29, 1.82) is 0 Å². The first-order chi connectivity index (χ1) is 16.5. The molecular weight excluding hydrogens is 427 g/mol. The van der Waals surface area contributed by atoms with E-state index in [9.17, 15) is 14.6 Å². The highest BCUT2D eigenvalue weighted by atomic mass is 19.1. The average molecular weight is 457 g/mol. The number of hydrogen-bond donors (Lipinski definition) is 3. The first kappa shape index (κ1) is 21.4. The van der Waals surface area contributed by atoms with Crippen LogP contribution in [0.5, 0.6) is 5.75 Å². The maximum absolute atomic E-state index is 13.9. The predicted molar refractivity (Wildman–Crippen MR) is 132 cm³/mol. The third-order valence-electron chi connectivity index (χ3n) is 8.09. The summed E-state index contributed by atoms with van der Waals surface area (Å²) >= 11 is 0. The molecule has 0 saturated carbocycles. The van der Waals surface area contributed by atoms with Gasteiger partial charge in [-0.25, -0.2) is 4.39 Å². The number of H-pyrrole nitrogens is 1. The van der Waals surface area contributed by atoms with Gasteiger partial charge in [0.15, 0.2) is 0 Å². The molecule has 4 nitrogen and oxygen atoms in total. The van der Waals surface area contributed by atoms with Gasteiger partial charge in [0.05, 0.1) is 5.60 Å². The van der Waals surface area contributed by atoms with Crippen molar-refractivity contribution in [3.8, 4) is 5.75 Å². The Bertz CT molecular complexity index is 1350. The Morgan fingerprint density at radius 2 is 1.82 bits per heavy atom. The molecule has 34 heavy (non-hydrogen) atoms. The molecule has 1 saturated heterocycles. The molecule has 2 aliphatic rings. The van der Waals surface area contributed by atoms with E-state index >= 15 is 0 Å². The van der Waals surface area contributed by atoms with Crippen LogP contribution >= 0.6 is 0 Å². The van der Waals surface area contributed by atoms with Gasteiger partial charge >= 0.3 is 0 Å². The largest absolute Gasteiger partial charge is 0.508 e. The van der Waals surface area contributed by atoms with Gasteiger partial charge in [-0.05, 0) is 66.4 Å². The number of likely N-dealkylation sites (tertiary alicyclic amines) is 1. The minimum atomic E-state index is -1.01. The monoisotopic (exact) mass is 456 g/mol. The van der Waals surface area contributed by atoms with Crippen LogP contribution in [0.3, 0.4) is 0 Å². The summed E-state index contributed by atoms with van der Waals surface area (Å²) in [4.78, 5) is 5.82. The summed E-state index contributed by atoms with van der Waals surface area (Å²) in [5.74, 6) is -0.0535. The van der Waals surface area contributed by atoms with Crippen LogP contribution in [0, 0.1) is 5.82 Å². The van der Waals surface area contributed by atoms with Crippen LogP contribution in [0.15, 0.2) is 72.8 Å².